The molecule has 6 heteroatoms. The van der Waals surface area contributed by atoms with Gasteiger partial charge in [0.1, 0.15) is 10.7 Å². The molecule has 1 aromatic heterocycles. The van der Waals surface area contributed by atoms with Gasteiger partial charge < -0.3 is 4.74 Å². The molecule has 1 heterocycles. The van der Waals surface area contributed by atoms with Crippen LogP contribution in [0.4, 0.5) is 8.78 Å². The molecule has 0 aliphatic heterocycles. The highest BCUT2D eigenvalue weighted by Gasteiger charge is 2.16. The van der Waals surface area contributed by atoms with Crippen LogP contribution in [0, 0.1) is 0 Å². The summed E-state index contributed by atoms with van der Waals surface area (Å²) in [6, 6.07) is 1.33. The van der Waals surface area contributed by atoms with Crippen LogP contribution < -0.4 is 4.74 Å². The van der Waals surface area contributed by atoms with E-state index < -0.39 is 6.43 Å². The predicted octanol–water partition coefficient (Wildman–Crippen LogP) is 3.44. The van der Waals surface area contributed by atoms with Gasteiger partial charge in [-0.05, 0) is 22.0 Å². The first-order valence-corrected chi connectivity index (χ1v) is 4.41. The molecule has 0 saturated carbocycles. The highest BCUT2D eigenvalue weighted by Crippen LogP contribution is 2.32. The van der Waals surface area contributed by atoms with Crippen molar-refractivity contribution in [3.05, 3.63) is 21.3 Å². The van der Waals surface area contributed by atoms with E-state index in [1.165, 1.54) is 13.2 Å². The lowest BCUT2D eigenvalue weighted by atomic mass is 10.3. The summed E-state index contributed by atoms with van der Waals surface area (Å²) in [6.07, 6.45) is -2.65. The number of ether oxygens (including phenoxy) is 1. The zero-order valence-electron chi connectivity index (χ0n) is 6.52. The summed E-state index contributed by atoms with van der Waals surface area (Å²) in [4.78, 5) is 3.54. The molecule has 1 rings (SSSR count). The van der Waals surface area contributed by atoms with Crippen LogP contribution in [0.25, 0.3) is 0 Å². The van der Waals surface area contributed by atoms with E-state index in [-0.39, 0.29) is 21.1 Å². The molecule has 1 aromatic rings. The summed E-state index contributed by atoms with van der Waals surface area (Å²) in [5.74, 6) is 0.000154. The summed E-state index contributed by atoms with van der Waals surface area (Å²) >= 11 is 8.57. The van der Waals surface area contributed by atoms with Crippen LogP contribution in [-0.2, 0) is 0 Å². The van der Waals surface area contributed by atoms with Gasteiger partial charge in [-0.2, -0.15) is 0 Å². The van der Waals surface area contributed by atoms with Crippen molar-refractivity contribution >= 4 is 27.5 Å². The van der Waals surface area contributed by atoms with Gasteiger partial charge in [-0.1, -0.05) is 11.6 Å². The van der Waals surface area contributed by atoms with Crippen molar-refractivity contribution in [3.63, 3.8) is 0 Å². The van der Waals surface area contributed by atoms with Gasteiger partial charge in [-0.25, -0.2) is 13.8 Å². The zero-order valence-corrected chi connectivity index (χ0v) is 8.86. The Morgan fingerprint density at radius 2 is 2.23 bits per heavy atom. The minimum atomic E-state index is -2.65. The molecule has 2 nitrogen and oxygen atoms in total. The largest absolute Gasteiger partial charge is 0.480 e. The van der Waals surface area contributed by atoms with E-state index in [2.05, 4.69) is 20.9 Å². The van der Waals surface area contributed by atoms with E-state index in [1.54, 1.807) is 0 Å². The molecule has 0 aromatic carbocycles. The average Bonchev–Trinajstić information content (AvgIpc) is 2.03. The molecule has 0 spiro atoms. The number of methoxy groups -OCH3 is 1. The van der Waals surface area contributed by atoms with E-state index in [4.69, 9.17) is 16.3 Å². The summed E-state index contributed by atoms with van der Waals surface area (Å²) in [5.41, 5.74) is -0.374. The van der Waals surface area contributed by atoms with Gasteiger partial charge in [0.05, 0.1) is 7.11 Å². The Balaban J connectivity index is 3.22. The van der Waals surface area contributed by atoms with Gasteiger partial charge >= 0.3 is 0 Å². The van der Waals surface area contributed by atoms with Crippen LogP contribution in [0.5, 0.6) is 5.88 Å². The maximum Gasteiger partial charge on any atom is 0.281 e. The monoisotopic (exact) mass is 271 g/mol. The van der Waals surface area contributed by atoms with Crippen molar-refractivity contribution in [2.75, 3.05) is 7.11 Å². The van der Waals surface area contributed by atoms with Crippen LogP contribution in [0.3, 0.4) is 0 Å². The van der Waals surface area contributed by atoms with Gasteiger partial charge in [0.15, 0.2) is 0 Å². The number of hydrogen-bond donors (Lipinski definition) is 0. The van der Waals surface area contributed by atoms with Crippen molar-refractivity contribution in [2.24, 2.45) is 0 Å². The molecule has 0 unspecified atom stereocenters. The van der Waals surface area contributed by atoms with Crippen molar-refractivity contribution in [1.82, 2.24) is 4.98 Å². The van der Waals surface area contributed by atoms with Gasteiger partial charge in [0, 0.05) is 4.47 Å². The quantitative estimate of drug-likeness (QED) is 0.823. The number of hydrogen-bond acceptors (Lipinski definition) is 2. The first-order chi connectivity index (χ1) is 6.06. The lowest BCUT2D eigenvalue weighted by Gasteiger charge is -2.06. The molecule has 0 bridgehead atoms. The first kappa shape index (κ1) is 10.7. The zero-order chi connectivity index (χ0) is 10.0. The third-order valence-electron chi connectivity index (χ3n) is 1.32. The Kier molecular flexibility index (Phi) is 3.44. The number of nitrogens with zero attached hydrogens (tertiary/aromatic N) is 1. The number of rotatable bonds is 2. The minimum Gasteiger partial charge on any atom is -0.480 e. The van der Waals surface area contributed by atoms with Gasteiger partial charge in [0.25, 0.3) is 6.43 Å². The third kappa shape index (κ3) is 2.28. The van der Waals surface area contributed by atoms with Crippen molar-refractivity contribution in [3.8, 4) is 5.88 Å². The Bertz CT molecular complexity index is 322. The second-order valence-electron chi connectivity index (χ2n) is 2.15. The fraction of sp³-hybridized carbons (Fsp3) is 0.286. The van der Waals surface area contributed by atoms with E-state index >= 15 is 0 Å². The molecule has 0 aliphatic carbocycles. The maximum absolute atomic E-state index is 12.3. The Morgan fingerprint density at radius 1 is 1.62 bits per heavy atom. The standard InChI is InChI=1S/C7H5BrClF2NO/c1-13-7-4(9)2-3(8)5(12-7)6(10)11/h2,6H,1H3. The van der Waals surface area contributed by atoms with Gasteiger partial charge in [-0.15, -0.1) is 0 Å². The molecule has 0 saturated heterocycles. The summed E-state index contributed by atoms with van der Waals surface area (Å²) < 4.78 is 29.4. The number of aromatic nitrogens is 1. The second kappa shape index (κ2) is 4.19. The summed E-state index contributed by atoms with van der Waals surface area (Å²) in [7, 11) is 1.32. The molecule has 0 aliphatic rings. The normalized spacial score (nSPS) is 10.6. The fourth-order valence-electron chi connectivity index (χ4n) is 0.759. The number of halogens is 4. The molecule has 72 valence electrons. The second-order valence-corrected chi connectivity index (χ2v) is 3.41. The van der Waals surface area contributed by atoms with Crippen LogP contribution in [0.2, 0.25) is 5.02 Å². The predicted molar refractivity (Wildman–Crippen MR) is 48.5 cm³/mol. The lowest BCUT2D eigenvalue weighted by molar-refractivity contribution is 0.144. The fourth-order valence-corrected chi connectivity index (χ4v) is 1.61. The SMILES string of the molecule is COc1nc(C(F)F)c(Br)cc1Cl. The Hall–Kier alpha value is -0.420. The molecule has 13 heavy (non-hydrogen) atoms. The molecule has 0 N–H and O–H groups in total. The molecule has 0 radical (unpaired) electrons. The smallest absolute Gasteiger partial charge is 0.281 e. The Labute approximate surface area is 87.0 Å². The third-order valence-corrected chi connectivity index (χ3v) is 2.23. The van der Waals surface area contributed by atoms with Crippen LogP contribution >= 0.6 is 27.5 Å². The average molecular weight is 272 g/mol. The van der Waals surface area contributed by atoms with E-state index in [0.717, 1.165) is 0 Å². The highest BCUT2D eigenvalue weighted by molar-refractivity contribution is 9.10. The highest BCUT2D eigenvalue weighted by atomic mass is 79.9. The van der Waals surface area contributed by atoms with E-state index in [0.29, 0.717) is 0 Å². The topological polar surface area (TPSA) is 22.1 Å². The Morgan fingerprint density at radius 3 is 2.69 bits per heavy atom. The van der Waals surface area contributed by atoms with Crippen LogP contribution in [0.15, 0.2) is 10.5 Å². The summed E-state index contributed by atoms with van der Waals surface area (Å²) in [5, 5.41) is 0.193. The van der Waals surface area contributed by atoms with Gasteiger partial charge in [-0.3, -0.25) is 0 Å². The molecular weight excluding hydrogens is 267 g/mol. The van der Waals surface area contributed by atoms with Crippen molar-refractivity contribution in [1.29, 1.82) is 0 Å². The van der Waals surface area contributed by atoms with Crippen molar-refractivity contribution < 1.29 is 13.5 Å². The minimum absolute atomic E-state index is 0.000154. The lowest BCUT2D eigenvalue weighted by Crippen LogP contribution is -1.96. The summed E-state index contributed by atoms with van der Waals surface area (Å²) in [6.45, 7) is 0. The van der Waals surface area contributed by atoms with Crippen molar-refractivity contribution in [2.45, 2.75) is 6.43 Å². The van der Waals surface area contributed by atoms with E-state index in [9.17, 15) is 8.78 Å². The van der Waals surface area contributed by atoms with Gasteiger partial charge in [0.2, 0.25) is 5.88 Å². The molecule has 0 atom stereocenters. The van der Waals surface area contributed by atoms with Crippen LogP contribution in [0.1, 0.15) is 12.1 Å². The number of pyridine rings is 1. The van der Waals surface area contributed by atoms with E-state index in [1.807, 2.05) is 0 Å². The first-order valence-electron chi connectivity index (χ1n) is 3.24. The maximum atomic E-state index is 12.3. The number of alkyl halides is 2. The molecule has 0 fully saturated rings. The van der Waals surface area contributed by atoms with Crippen LogP contribution in [-0.4, -0.2) is 12.1 Å². The molecule has 0 amide bonds. The molecular formula is C7H5BrClF2NO.